The molecular formula is C22H36O3. The summed E-state index contributed by atoms with van der Waals surface area (Å²) in [6.45, 7) is 2.17. The first-order chi connectivity index (χ1) is 12.2. The highest BCUT2D eigenvalue weighted by molar-refractivity contribution is 5.66. The lowest BCUT2D eigenvalue weighted by Crippen LogP contribution is -2.00. The van der Waals surface area contributed by atoms with E-state index in [0.29, 0.717) is 0 Å². The Labute approximate surface area is 153 Å². The molecule has 3 nitrogen and oxygen atoms in total. The predicted octanol–water partition coefficient (Wildman–Crippen LogP) is 5.97. The first-order valence-corrected chi connectivity index (χ1v) is 9.70. The summed E-state index contributed by atoms with van der Waals surface area (Å²) in [4.78, 5) is 10.4. The average molecular weight is 349 g/mol. The fourth-order valence-electron chi connectivity index (χ4n) is 2.33. The van der Waals surface area contributed by atoms with E-state index >= 15 is 0 Å². The van der Waals surface area contributed by atoms with Gasteiger partial charge in [0.15, 0.2) is 0 Å². The smallest absolute Gasteiger partial charge is 0.303 e. The Morgan fingerprint density at radius 1 is 0.880 bits per heavy atom. The summed E-state index contributed by atoms with van der Waals surface area (Å²) < 4.78 is 0. The number of hydrogen-bond acceptors (Lipinski definition) is 2. The van der Waals surface area contributed by atoms with Gasteiger partial charge in [-0.25, -0.2) is 0 Å². The van der Waals surface area contributed by atoms with Crippen molar-refractivity contribution >= 4 is 5.97 Å². The Kier molecular flexibility index (Phi) is 17.5. The third-order valence-corrected chi connectivity index (χ3v) is 3.82. The molecule has 0 rings (SSSR count). The Morgan fingerprint density at radius 3 is 2.32 bits per heavy atom. The van der Waals surface area contributed by atoms with E-state index in [1.54, 1.807) is 0 Å². The summed E-state index contributed by atoms with van der Waals surface area (Å²) >= 11 is 0. The summed E-state index contributed by atoms with van der Waals surface area (Å²) in [6, 6.07) is 0. The molecule has 0 aliphatic heterocycles. The number of carbonyl (C=O) groups is 1. The number of carboxylic acids is 1. The van der Waals surface area contributed by atoms with Gasteiger partial charge in [-0.2, -0.15) is 0 Å². The van der Waals surface area contributed by atoms with Gasteiger partial charge in [-0.3, -0.25) is 4.79 Å². The van der Waals surface area contributed by atoms with Crippen LogP contribution in [-0.4, -0.2) is 22.3 Å². The molecule has 25 heavy (non-hydrogen) atoms. The number of unbranched alkanes of at least 4 members (excludes halogenated alkanes) is 5. The summed E-state index contributed by atoms with van der Waals surface area (Å²) in [6.07, 6.45) is 26.4. The van der Waals surface area contributed by atoms with E-state index in [4.69, 9.17) is 5.11 Å². The van der Waals surface area contributed by atoms with Crippen molar-refractivity contribution in [3.63, 3.8) is 0 Å². The van der Waals surface area contributed by atoms with Crippen LogP contribution in [0.5, 0.6) is 0 Å². The van der Waals surface area contributed by atoms with Crippen LogP contribution in [0.1, 0.15) is 77.6 Å². The maximum atomic E-state index is 10.4. The van der Waals surface area contributed by atoms with E-state index in [0.717, 1.165) is 51.4 Å². The summed E-state index contributed by atoms with van der Waals surface area (Å²) in [7, 11) is 0. The fourth-order valence-corrected chi connectivity index (χ4v) is 2.33. The molecule has 0 saturated heterocycles. The van der Waals surface area contributed by atoms with Gasteiger partial charge >= 0.3 is 5.97 Å². The quantitative estimate of drug-likeness (QED) is 0.205. The Balaban J connectivity index is 3.52. The monoisotopic (exact) mass is 348 g/mol. The average Bonchev–Trinajstić information content (AvgIpc) is 2.58. The molecule has 0 aliphatic carbocycles. The highest BCUT2D eigenvalue weighted by Crippen LogP contribution is 2.05. The summed E-state index contributed by atoms with van der Waals surface area (Å²) in [5.74, 6) is -0.701. The number of aliphatic carboxylic acids is 1. The standard InChI is InChI=1S/C22H36O3/c1-2-3-15-18-21(23)19-16-13-11-9-7-5-4-6-8-10-12-14-17-20-22(24)25/h5-8,11,13,16,19,21,23H,2-4,9-10,12,14-15,17-18,20H2,1H3,(H,24,25)/b7-5-,8-6-,13-11-,19-16+/t21-/m0/s1. The molecule has 1 atom stereocenters. The molecule has 0 bridgehead atoms. The van der Waals surface area contributed by atoms with Gasteiger partial charge in [0, 0.05) is 6.42 Å². The van der Waals surface area contributed by atoms with Crippen LogP contribution < -0.4 is 0 Å². The van der Waals surface area contributed by atoms with E-state index in [1.807, 2.05) is 18.2 Å². The van der Waals surface area contributed by atoms with Crippen molar-refractivity contribution in [2.75, 3.05) is 0 Å². The van der Waals surface area contributed by atoms with Gasteiger partial charge in [0.2, 0.25) is 0 Å². The number of aliphatic hydroxyl groups excluding tert-OH is 1. The van der Waals surface area contributed by atoms with Gasteiger partial charge in [0.25, 0.3) is 0 Å². The van der Waals surface area contributed by atoms with Gasteiger partial charge < -0.3 is 10.2 Å². The second-order valence-electron chi connectivity index (χ2n) is 6.28. The van der Waals surface area contributed by atoms with Crippen molar-refractivity contribution in [3.8, 4) is 0 Å². The normalized spacial score (nSPS) is 13.7. The summed E-state index contributed by atoms with van der Waals surface area (Å²) in [5.41, 5.74) is 0. The SMILES string of the molecule is CCCCC[C@H](O)/C=C/C=C\C/C=C\C/C=C\CCCCCC(=O)O. The van der Waals surface area contributed by atoms with Gasteiger partial charge in [-0.05, 0) is 38.5 Å². The third kappa shape index (κ3) is 20.3. The lowest BCUT2D eigenvalue weighted by atomic mass is 10.1. The van der Waals surface area contributed by atoms with Crippen LogP contribution >= 0.6 is 0 Å². The van der Waals surface area contributed by atoms with Crippen molar-refractivity contribution in [1.82, 2.24) is 0 Å². The minimum Gasteiger partial charge on any atom is -0.481 e. The van der Waals surface area contributed by atoms with Gasteiger partial charge in [0.05, 0.1) is 6.10 Å². The lowest BCUT2D eigenvalue weighted by Gasteiger charge is -2.02. The fraction of sp³-hybridized carbons (Fsp3) is 0.591. The number of aliphatic hydroxyl groups is 1. The minimum atomic E-state index is -0.701. The van der Waals surface area contributed by atoms with Gasteiger partial charge in [-0.1, -0.05) is 81.2 Å². The second-order valence-corrected chi connectivity index (χ2v) is 6.28. The Morgan fingerprint density at radius 2 is 1.60 bits per heavy atom. The van der Waals surface area contributed by atoms with Crippen LogP contribution in [0.2, 0.25) is 0 Å². The van der Waals surface area contributed by atoms with Crippen LogP contribution in [0.15, 0.2) is 48.6 Å². The molecule has 0 spiro atoms. The van der Waals surface area contributed by atoms with E-state index in [1.165, 1.54) is 12.8 Å². The van der Waals surface area contributed by atoms with Crippen LogP contribution in [0.4, 0.5) is 0 Å². The number of rotatable bonds is 16. The van der Waals surface area contributed by atoms with Crippen molar-refractivity contribution in [2.24, 2.45) is 0 Å². The van der Waals surface area contributed by atoms with E-state index < -0.39 is 5.97 Å². The number of hydrogen-bond donors (Lipinski definition) is 2. The molecule has 0 heterocycles. The number of carboxylic acid groups (broad SMARTS) is 1. The molecule has 3 heteroatoms. The Hall–Kier alpha value is -1.61. The van der Waals surface area contributed by atoms with E-state index in [2.05, 4.69) is 37.3 Å². The molecule has 0 aromatic heterocycles. The van der Waals surface area contributed by atoms with Crippen LogP contribution in [0.3, 0.4) is 0 Å². The highest BCUT2D eigenvalue weighted by atomic mass is 16.4. The zero-order chi connectivity index (χ0) is 18.6. The zero-order valence-corrected chi connectivity index (χ0v) is 15.8. The first kappa shape index (κ1) is 23.4. The van der Waals surface area contributed by atoms with Crippen molar-refractivity contribution < 1.29 is 15.0 Å². The van der Waals surface area contributed by atoms with Crippen molar-refractivity contribution in [2.45, 2.75) is 83.7 Å². The second kappa shape index (κ2) is 18.7. The lowest BCUT2D eigenvalue weighted by molar-refractivity contribution is -0.137. The van der Waals surface area contributed by atoms with Crippen molar-refractivity contribution in [3.05, 3.63) is 48.6 Å². The zero-order valence-electron chi connectivity index (χ0n) is 15.8. The molecule has 142 valence electrons. The van der Waals surface area contributed by atoms with E-state index in [-0.39, 0.29) is 12.5 Å². The first-order valence-electron chi connectivity index (χ1n) is 9.70. The van der Waals surface area contributed by atoms with Gasteiger partial charge in [0.1, 0.15) is 0 Å². The topological polar surface area (TPSA) is 57.5 Å². The Bertz CT molecular complexity index is 419. The molecule has 0 amide bonds. The minimum absolute atomic E-state index is 0.285. The third-order valence-electron chi connectivity index (χ3n) is 3.82. The molecule has 0 aromatic carbocycles. The molecule has 0 radical (unpaired) electrons. The largest absolute Gasteiger partial charge is 0.481 e. The van der Waals surface area contributed by atoms with Crippen LogP contribution in [0, 0.1) is 0 Å². The maximum absolute atomic E-state index is 10.4. The summed E-state index contributed by atoms with van der Waals surface area (Å²) in [5, 5.41) is 18.3. The number of allylic oxidation sites excluding steroid dienone is 7. The van der Waals surface area contributed by atoms with Crippen LogP contribution in [0.25, 0.3) is 0 Å². The van der Waals surface area contributed by atoms with Crippen molar-refractivity contribution in [1.29, 1.82) is 0 Å². The maximum Gasteiger partial charge on any atom is 0.303 e. The molecule has 0 unspecified atom stereocenters. The van der Waals surface area contributed by atoms with Crippen LogP contribution in [-0.2, 0) is 4.79 Å². The van der Waals surface area contributed by atoms with E-state index in [9.17, 15) is 9.90 Å². The molecule has 0 aromatic rings. The molecular weight excluding hydrogens is 312 g/mol. The van der Waals surface area contributed by atoms with Gasteiger partial charge in [-0.15, -0.1) is 0 Å². The molecule has 0 fully saturated rings. The predicted molar refractivity (Wildman–Crippen MR) is 107 cm³/mol. The molecule has 0 saturated carbocycles. The molecule has 0 aliphatic rings. The highest BCUT2D eigenvalue weighted by Gasteiger charge is 1.96. The molecule has 2 N–H and O–H groups in total.